The van der Waals surface area contributed by atoms with Gasteiger partial charge in [0, 0.05) is 12.1 Å². The minimum absolute atomic E-state index is 0.0216. The van der Waals surface area contributed by atoms with Crippen LogP contribution in [0, 0.1) is 0 Å². The third kappa shape index (κ3) is 6.29. The molecule has 3 aromatic rings. The number of ether oxygens (including phenoxy) is 2. The van der Waals surface area contributed by atoms with Crippen LogP contribution in [-0.4, -0.2) is 59.6 Å². The molecule has 1 amide bonds. The molecule has 15 heteroatoms. The molecule has 1 unspecified atom stereocenters. The molecule has 0 bridgehead atoms. The van der Waals surface area contributed by atoms with Gasteiger partial charge in [0.15, 0.2) is 5.82 Å². The highest BCUT2D eigenvalue weighted by atomic mass is 32.2. The van der Waals surface area contributed by atoms with E-state index in [9.17, 15) is 26.4 Å². The van der Waals surface area contributed by atoms with Crippen molar-refractivity contribution in [3.63, 3.8) is 0 Å². The Morgan fingerprint density at radius 3 is 2.68 bits per heavy atom. The lowest BCUT2D eigenvalue weighted by atomic mass is 10.1. The van der Waals surface area contributed by atoms with Gasteiger partial charge < -0.3 is 9.47 Å². The molecule has 5 rings (SSSR count). The van der Waals surface area contributed by atoms with E-state index in [1.165, 1.54) is 24.3 Å². The zero-order valence-corrected chi connectivity index (χ0v) is 22.9. The summed E-state index contributed by atoms with van der Waals surface area (Å²) in [5, 5.41) is 15.8. The number of rotatable bonds is 8. The SMILES string of the molecule is CC(C)(OC(=O)Nc1ccc2c(c1)N(S(=O)(=O)c1cccc(C3CC3)c1)CC(/C=C/Cc1nn[nH]n1)O2)C(F)(F)F. The fraction of sp³-hybridized carbons (Fsp3) is 0.385. The number of allylic oxidation sites excluding steroid dienone is 1. The maximum atomic E-state index is 14.0. The van der Waals surface area contributed by atoms with Crippen molar-refractivity contribution in [1.82, 2.24) is 20.6 Å². The number of carbonyl (C=O) groups excluding carboxylic acids is 1. The highest BCUT2D eigenvalue weighted by Gasteiger charge is 2.51. The first kappa shape index (κ1) is 28.4. The first-order valence-corrected chi connectivity index (χ1v) is 14.2. The number of hydrogen-bond acceptors (Lipinski definition) is 8. The molecule has 218 valence electrons. The van der Waals surface area contributed by atoms with Crippen LogP contribution in [0.25, 0.3) is 0 Å². The lowest BCUT2D eigenvalue weighted by Gasteiger charge is -2.35. The van der Waals surface area contributed by atoms with Crippen LogP contribution >= 0.6 is 0 Å². The summed E-state index contributed by atoms with van der Waals surface area (Å²) in [5.41, 5.74) is -1.68. The van der Waals surface area contributed by atoms with E-state index >= 15 is 0 Å². The smallest absolute Gasteiger partial charge is 0.427 e. The minimum atomic E-state index is -4.79. The Hall–Kier alpha value is -4.14. The molecule has 1 aliphatic heterocycles. The molecule has 2 aromatic carbocycles. The Bertz CT molecular complexity index is 1560. The number of halogens is 3. The standard InChI is InChI=1S/C26H27F3N6O5S/c1-25(2,26(27,28)29)40-24(36)30-18-11-12-22-21(14-18)35(15-19(39-22)6-4-8-23-31-33-34-32-23)41(37,38)20-7-3-5-17(13-20)16-9-10-16/h3-7,11-14,16,19H,8-10,15H2,1-2H3,(H,30,36)(H,31,32,33,34)/b6-4+. The molecular weight excluding hydrogens is 565 g/mol. The molecule has 1 aromatic heterocycles. The van der Waals surface area contributed by atoms with E-state index in [0.29, 0.717) is 18.2 Å². The minimum Gasteiger partial charge on any atom is -0.482 e. The van der Waals surface area contributed by atoms with E-state index in [2.05, 4.69) is 30.7 Å². The number of hydrogen-bond donors (Lipinski definition) is 2. The molecular formula is C26H27F3N6O5S. The number of benzene rings is 2. The van der Waals surface area contributed by atoms with Crippen molar-refractivity contribution in [1.29, 1.82) is 0 Å². The molecule has 0 spiro atoms. The van der Waals surface area contributed by atoms with Crippen molar-refractivity contribution < 1.29 is 35.9 Å². The molecule has 41 heavy (non-hydrogen) atoms. The molecule has 0 radical (unpaired) electrons. The largest absolute Gasteiger partial charge is 0.482 e. The number of H-pyrrole nitrogens is 1. The predicted molar refractivity (Wildman–Crippen MR) is 141 cm³/mol. The topological polar surface area (TPSA) is 139 Å². The number of nitrogens with zero attached hydrogens (tertiary/aromatic N) is 4. The summed E-state index contributed by atoms with van der Waals surface area (Å²) in [7, 11) is -4.11. The molecule has 1 atom stereocenters. The Balaban J connectivity index is 1.44. The number of aromatic nitrogens is 4. The van der Waals surface area contributed by atoms with Crippen LogP contribution in [-0.2, 0) is 21.2 Å². The van der Waals surface area contributed by atoms with Gasteiger partial charge in [-0.05, 0) is 74.6 Å². The lowest BCUT2D eigenvalue weighted by molar-refractivity contribution is -0.242. The van der Waals surface area contributed by atoms with Crippen molar-refractivity contribution >= 4 is 27.5 Å². The number of nitrogens with one attached hydrogen (secondary N) is 2. The van der Waals surface area contributed by atoms with Crippen LogP contribution in [0.4, 0.5) is 29.3 Å². The number of carbonyl (C=O) groups is 1. The van der Waals surface area contributed by atoms with Crippen molar-refractivity contribution in [3.05, 3.63) is 66.0 Å². The number of tetrazole rings is 1. The summed E-state index contributed by atoms with van der Waals surface area (Å²) in [5.74, 6) is 0.961. The predicted octanol–water partition coefficient (Wildman–Crippen LogP) is 4.72. The van der Waals surface area contributed by atoms with Crippen molar-refractivity contribution in [3.8, 4) is 5.75 Å². The van der Waals surface area contributed by atoms with E-state index in [1.54, 1.807) is 24.3 Å². The fourth-order valence-electron chi connectivity index (χ4n) is 4.18. The third-order valence-corrected chi connectivity index (χ3v) is 8.44. The van der Waals surface area contributed by atoms with Crippen LogP contribution in [0.3, 0.4) is 0 Å². The summed E-state index contributed by atoms with van der Waals surface area (Å²) in [4.78, 5) is 12.4. The molecule has 1 aliphatic carbocycles. The normalized spacial score (nSPS) is 17.7. The van der Waals surface area contributed by atoms with Gasteiger partial charge in [-0.2, -0.15) is 18.4 Å². The van der Waals surface area contributed by atoms with E-state index < -0.39 is 34.0 Å². The first-order valence-electron chi connectivity index (χ1n) is 12.7. The summed E-state index contributed by atoms with van der Waals surface area (Å²) in [6, 6.07) is 10.9. The van der Waals surface area contributed by atoms with Crippen LogP contribution in [0.5, 0.6) is 5.75 Å². The van der Waals surface area contributed by atoms with Gasteiger partial charge >= 0.3 is 12.3 Å². The summed E-state index contributed by atoms with van der Waals surface area (Å²) in [6.45, 7) is 1.34. The summed E-state index contributed by atoms with van der Waals surface area (Å²) < 4.78 is 79.2. The average molecular weight is 593 g/mol. The quantitative estimate of drug-likeness (QED) is 0.358. The Kier molecular flexibility index (Phi) is 7.40. The highest BCUT2D eigenvalue weighted by molar-refractivity contribution is 7.92. The van der Waals surface area contributed by atoms with E-state index in [0.717, 1.165) is 36.6 Å². The first-order chi connectivity index (χ1) is 19.3. The van der Waals surface area contributed by atoms with Gasteiger partial charge in [-0.25, -0.2) is 13.2 Å². The van der Waals surface area contributed by atoms with Crippen LogP contribution < -0.4 is 14.4 Å². The monoisotopic (exact) mass is 592 g/mol. The molecule has 0 saturated heterocycles. The number of aromatic amines is 1. The maximum absolute atomic E-state index is 14.0. The van der Waals surface area contributed by atoms with Crippen molar-refractivity contribution in [2.45, 2.75) is 61.8 Å². The number of alkyl halides is 3. The van der Waals surface area contributed by atoms with E-state index in [1.807, 2.05) is 6.07 Å². The second-order valence-electron chi connectivity index (χ2n) is 10.2. The lowest BCUT2D eigenvalue weighted by Crippen LogP contribution is -2.44. The van der Waals surface area contributed by atoms with Gasteiger partial charge in [0.25, 0.3) is 10.0 Å². The second kappa shape index (κ2) is 10.7. The summed E-state index contributed by atoms with van der Waals surface area (Å²) in [6.07, 6.45) is -1.09. The van der Waals surface area contributed by atoms with Gasteiger partial charge in [0.1, 0.15) is 11.9 Å². The molecule has 11 nitrogen and oxygen atoms in total. The third-order valence-electron chi connectivity index (χ3n) is 6.66. The zero-order valence-electron chi connectivity index (χ0n) is 22.1. The molecule has 2 N–H and O–H groups in total. The molecule has 1 fully saturated rings. The number of sulfonamides is 1. The highest BCUT2D eigenvalue weighted by Crippen LogP contribution is 2.43. The number of amides is 1. The van der Waals surface area contributed by atoms with Gasteiger partial charge in [-0.3, -0.25) is 9.62 Å². The molecule has 2 heterocycles. The van der Waals surface area contributed by atoms with Crippen molar-refractivity contribution in [2.75, 3.05) is 16.2 Å². The second-order valence-corrected chi connectivity index (χ2v) is 12.1. The van der Waals surface area contributed by atoms with Crippen LogP contribution in [0.1, 0.15) is 44.0 Å². The number of fused-ring (bicyclic) bond motifs is 1. The summed E-state index contributed by atoms with van der Waals surface area (Å²) >= 11 is 0. The Morgan fingerprint density at radius 1 is 1.22 bits per heavy atom. The van der Waals surface area contributed by atoms with Crippen LogP contribution in [0.15, 0.2) is 59.5 Å². The zero-order chi connectivity index (χ0) is 29.4. The maximum Gasteiger partial charge on any atom is 0.427 e. The average Bonchev–Trinajstić information content (AvgIpc) is 3.63. The molecule has 2 aliphatic rings. The van der Waals surface area contributed by atoms with Crippen LogP contribution in [0.2, 0.25) is 0 Å². The molecule has 1 saturated carbocycles. The Labute approximate surface area is 233 Å². The fourth-order valence-corrected chi connectivity index (χ4v) is 5.71. The van der Waals surface area contributed by atoms with E-state index in [-0.39, 0.29) is 28.6 Å². The van der Waals surface area contributed by atoms with Gasteiger partial charge in [-0.15, -0.1) is 10.2 Å². The van der Waals surface area contributed by atoms with Gasteiger partial charge in [0.2, 0.25) is 5.60 Å². The van der Waals surface area contributed by atoms with Gasteiger partial charge in [0.05, 0.1) is 17.1 Å². The number of anilines is 2. The Morgan fingerprint density at radius 2 is 2.00 bits per heavy atom. The van der Waals surface area contributed by atoms with Gasteiger partial charge in [-0.1, -0.05) is 23.4 Å². The van der Waals surface area contributed by atoms with Crippen molar-refractivity contribution in [2.24, 2.45) is 0 Å². The van der Waals surface area contributed by atoms with E-state index in [4.69, 9.17) is 4.74 Å².